The van der Waals surface area contributed by atoms with E-state index in [0.29, 0.717) is 13.0 Å². The SMILES string of the molecule is CN1C(=O)CC2(CCc3cc4ccccc4n3C2)C1=O. The summed E-state index contributed by atoms with van der Waals surface area (Å²) in [4.78, 5) is 25.6. The minimum Gasteiger partial charge on any atom is -0.344 e. The molecule has 1 atom stereocenters. The second-order valence-electron chi connectivity index (χ2n) is 6.00. The van der Waals surface area contributed by atoms with Gasteiger partial charge in [0, 0.05) is 31.2 Å². The molecule has 1 spiro atoms. The number of carbonyl (C=O) groups excluding carboxylic acids is 2. The van der Waals surface area contributed by atoms with Gasteiger partial charge in [0.05, 0.1) is 5.41 Å². The van der Waals surface area contributed by atoms with Gasteiger partial charge in [-0.1, -0.05) is 18.2 Å². The topological polar surface area (TPSA) is 42.3 Å². The van der Waals surface area contributed by atoms with Crippen molar-refractivity contribution >= 4 is 22.7 Å². The second-order valence-corrected chi connectivity index (χ2v) is 6.00. The van der Waals surface area contributed by atoms with Crippen LogP contribution in [0.3, 0.4) is 0 Å². The molecule has 1 aromatic heterocycles. The first-order valence-corrected chi connectivity index (χ1v) is 6.99. The summed E-state index contributed by atoms with van der Waals surface area (Å²) in [5, 5.41) is 1.21. The normalized spacial score (nSPS) is 25.8. The molecule has 0 saturated carbocycles. The fraction of sp³-hybridized carbons (Fsp3) is 0.375. The van der Waals surface area contributed by atoms with Crippen LogP contribution in [0, 0.1) is 5.41 Å². The van der Waals surface area contributed by atoms with Gasteiger partial charge in [-0.15, -0.1) is 0 Å². The van der Waals surface area contributed by atoms with Crippen molar-refractivity contribution in [2.75, 3.05) is 7.05 Å². The molecule has 0 bridgehead atoms. The van der Waals surface area contributed by atoms with E-state index in [0.717, 1.165) is 18.4 Å². The lowest BCUT2D eigenvalue weighted by Gasteiger charge is -2.32. The number of rotatable bonds is 0. The molecule has 2 aliphatic rings. The zero-order valence-electron chi connectivity index (χ0n) is 11.4. The van der Waals surface area contributed by atoms with Crippen LogP contribution in [-0.4, -0.2) is 28.3 Å². The molecule has 4 nitrogen and oxygen atoms in total. The summed E-state index contributed by atoms with van der Waals surface area (Å²) >= 11 is 0. The van der Waals surface area contributed by atoms with Crippen LogP contribution in [-0.2, 0) is 22.6 Å². The van der Waals surface area contributed by atoms with Crippen LogP contribution in [0.5, 0.6) is 0 Å². The molecule has 4 heteroatoms. The number of carbonyl (C=O) groups is 2. The Labute approximate surface area is 117 Å². The molecular formula is C16H16N2O2. The molecule has 0 radical (unpaired) electrons. The van der Waals surface area contributed by atoms with Crippen LogP contribution < -0.4 is 0 Å². The number of aryl methyl sites for hydroxylation is 1. The summed E-state index contributed by atoms with van der Waals surface area (Å²) in [5.74, 6) is -0.0548. The number of hydrogen-bond acceptors (Lipinski definition) is 2. The number of likely N-dealkylation sites (tertiary alicyclic amines) is 1. The summed E-state index contributed by atoms with van der Waals surface area (Å²) in [6.07, 6.45) is 1.99. The van der Waals surface area contributed by atoms with Crippen LogP contribution in [0.2, 0.25) is 0 Å². The smallest absolute Gasteiger partial charge is 0.237 e. The highest BCUT2D eigenvalue weighted by molar-refractivity contribution is 6.05. The number of amides is 2. The number of hydrogen-bond donors (Lipinski definition) is 0. The van der Waals surface area contributed by atoms with Gasteiger partial charge in [-0.05, 0) is 30.4 Å². The van der Waals surface area contributed by atoms with E-state index in [1.54, 1.807) is 7.05 Å². The molecule has 1 aromatic carbocycles. The third kappa shape index (κ3) is 1.36. The minimum atomic E-state index is -0.513. The van der Waals surface area contributed by atoms with Gasteiger partial charge in [0.1, 0.15) is 0 Å². The van der Waals surface area contributed by atoms with Crippen molar-refractivity contribution in [2.45, 2.75) is 25.8 Å². The largest absolute Gasteiger partial charge is 0.344 e. The van der Waals surface area contributed by atoms with E-state index < -0.39 is 5.41 Å². The first-order chi connectivity index (χ1) is 9.61. The Morgan fingerprint density at radius 3 is 2.75 bits per heavy atom. The lowest BCUT2D eigenvalue weighted by atomic mass is 9.78. The Hall–Kier alpha value is -2.10. The van der Waals surface area contributed by atoms with Gasteiger partial charge in [-0.3, -0.25) is 14.5 Å². The molecule has 4 rings (SSSR count). The molecule has 1 saturated heterocycles. The molecule has 2 aromatic rings. The summed E-state index contributed by atoms with van der Waals surface area (Å²) in [6, 6.07) is 10.4. The van der Waals surface area contributed by atoms with Gasteiger partial charge < -0.3 is 4.57 Å². The van der Waals surface area contributed by atoms with Gasteiger partial charge in [-0.2, -0.15) is 0 Å². The summed E-state index contributed by atoms with van der Waals surface area (Å²) in [6.45, 7) is 0.630. The third-order valence-corrected chi connectivity index (χ3v) is 4.84. The highest BCUT2D eigenvalue weighted by atomic mass is 16.2. The first kappa shape index (κ1) is 11.7. The number of nitrogens with zero attached hydrogens (tertiary/aromatic N) is 2. The molecule has 0 N–H and O–H groups in total. The number of para-hydroxylation sites is 1. The van der Waals surface area contributed by atoms with Crippen molar-refractivity contribution in [1.82, 2.24) is 9.47 Å². The Morgan fingerprint density at radius 1 is 1.20 bits per heavy atom. The second kappa shape index (κ2) is 3.72. The predicted octanol–water partition coefficient (Wildman–Crippen LogP) is 1.96. The molecule has 102 valence electrons. The number of benzene rings is 1. The highest BCUT2D eigenvalue weighted by Crippen LogP contribution is 2.43. The van der Waals surface area contributed by atoms with Crippen molar-refractivity contribution < 1.29 is 9.59 Å². The third-order valence-electron chi connectivity index (χ3n) is 4.84. The van der Waals surface area contributed by atoms with E-state index in [1.165, 1.54) is 16.0 Å². The molecule has 1 unspecified atom stereocenters. The molecular weight excluding hydrogens is 252 g/mol. The Balaban J connectivity index is 1.84. The van der Waals surface area contributed by atoms with Crippen LogP contribution in [0.15, 0.2) is 30.3 Å². The number of aromatic nitrogens is 1. The van der Waals surface area contributed by atoms with Crippen LogP contribution >= 0.6 is 0 Å². The van der Waals surface area contributed by atoms with Crippen LogP contribution in [0.25, 0.3) is 10.9 Å². The van der Waals surface area contributed by atoms with Gasteiger partial charge >= 0.3 is 0 Å². The van der Waals surface area contributed by atoms with E-state index in [2.05, 4.69) is 22.8 Å². The highest BCUT2D eigenvalue weighted by Gasteiger charge is 2.51. The molecule has 20 heavy (non-hydrogen) atoms. The predicted molar refractivity (Wildman–Crippen MR) is 75.1 cm³/mol. The zero-order valence-corrected chi connectivity index (χ0v) is 11.4. The fourth-order valence-electron chi connectivity index (χ4n) is 3.68. The summed E-state index contributed by atoms with van der Waals surface area (Å²) < 4.78 is 2.23. The molecule has 2 amide bonds. The van der Waals surface area contributed by atoms with Crippen molar-refractivity contribution in [3.05, 3.63) is 36.0 Å². The molecule has 2 aliphatic heterocycles. The quantitative estimate of drug-likeness (QED) is 0.685. The fourth-order valence-corrected chi connectivity index (χ4v) is 3.68. The van der Waals surface area contributed by atoms with Gasteiger partial charge in [0.15, 0.2) is 0 Å². The lowest BCUT2D eigenvalue weighted by molar-refractivity contribution is -0.140. The molecule has 0 aliphatic carbocycles. The van der Waals surface area contributed by atoms with E-state index in [1.807, 2.05) is 12.1 Å². The molecule has 1 fully saturated rings. The average Bonchev–Trinajstić information content (AvgIpc) is 2.91. The number of fused-ring (bicyclic) bond motifs is 3. The van der Waals surface area contributed by atoms with E-state index in [-0.39, 0.29) is 11.8 Å². The Morgan fingerprint density at radius 2 is 2.00 bits per heavy atom. The monoisotopic (exact) mass is 268 g/mol. The van der Waals surface area contributed by atoms with Crippen LogP contribution in [0.1, 0.15) is 18.5 Å². The summed E-state index contributed by atoms with van der Waals surface area (Å²) in [7, 11) is 1.60. The van der Waals surface area contributed by atoms with Gasteiger partial charge in [-0.25, -0.2) is 0 Å². The zero-order chi connectivity index (χ0) is 13.9. The maximum Gasteiger partial charge on any atom is 0.237 e. The minimum absolute atomic E-state index is 0.00840. The summed E-state index contributed by atoms with van der Waals surface area (Å²) in [5.41, 5.74) is 1.92. The van der Waals surface area contributed by atoms with Crippen molar-refractivity contribution in [3.63, 3.8) is 0 Å². The van der Waals surface area contributed by atoms with E-state index >= 15 is 0 Å². The van der Waals surface area contributed by atoms with Crippen molar-refractivity contribution in [3.8, 4) is 0 Å². The van der Waals surface area contributed by atoms with E-state index in [9.17, 15) is 9.59 Å². The Bertz CT molecular complexity index is 746. The lowest BCUT2D eigenvalue weighted by Crippen LogP contribution is -2.39. The maximum absolute atomic E-state index is 12.5. The van der Waals surface area contributed by atoms with E-state index in [4.69, 9.17) is 0 Å². The first-order valence-electron chi connectivity index (χ1n) is 6.99. The standard InChI is InChI=1S/C16H16N2O2/c1-17-14(19)9-16(15(17)20)7-6-12-8-11-4-2-3-5-13(11)18(12)10-16/h2-5,8H,6-7,9-10H2,1H3. The van der Waals surface area contributed by atoms with Gasteiger partial charge in [0.2, 0.25) is 11.8 Å². The van der Waals surface area contributed by atoms with Crippen molar-refractivity contribution in [1.29, 1.82) is 0 Å². The van der Waals surface area contributed by atoms with Gasteiger partial charge in [0.25, 0.3) is 0 Å². The maximum atomic E-state index is 12.5. The number of imide groups is 1. The average molecular weight is 268 g/mol. The molecule has 3 heterocycles. The Kier molecular flexibility index (Phi) is 2.18. The van der Waals surface area contributed by atoms with Crippen molar-refractivity contribution in [2.24, 2.45) is 5.41 Å². The van der Waals surface area contributed by atoms with Crippen LogP contribution in [0.4, 0.5) is 0 Å².